The van der Waals surface area contributed by atoms with E-state index in [0.717, 1.165) is 25.1 Å². The van der Waals surface area contributed by atoms with Gasteiger partial charge >= 0.3 is 0 Å². The smallest absolute Gasteiger partial charge is 0.134 e. The van der Waals surface area contributed by atoms with Crippen LogP contribution in [0.25, 0.3) is 0 Å². The van der Waals surface area contributed by atoms with Crippen LogP contribution >= 0.6 is 11.6 Å². The highest BCUT2D eigenvalue weighted by Gasteiger charge is 2.29. The molecule has 16 heavy (non-hydrogen) atoms. The van der Waals surface area contributed by atoms with Gasteiger partial charge in [0.1, 0.15) is 5.75 Å². The molecule has 0 aromatic heterocycles. The lowest BCUT2D eigenvalue weighted by Gasteiger charge is -2.19. The van der Waals surface area contributed by atoms with Gasteiger partial charge in [-0.3, -0.25) is 4.90 Å². The summed E-state index contributed by atoms with van der Waals surface area (Å²) < 4.78 is 0. The van der Waals surface area contributed by atoms with E-state index in [2.05, 4.69) is 11.9 Å². The third-order valence-electron chi connectivity index (χ3n) is 3.32. The zero-order valence-corrected chi connectivity index (χ0v) is 10.1. The zero-order valence-electron chi connectivity index (χ0n) is 9.36. The van der Waals surface area contributed by atoms with Gasteiger partial charge in [-0.25, -0.2) is 0 Å². The van der Waals surface area contributed by atoms with E-state index in [1.54, 1.807) is 6.07 Å². The minimum absolute atomic E-state index is 0.140. The Morgan fingerprint density at radius 1 is 1.56 bits per heavy atom. The van der Waals surface area contributed by atoms with Crippen molar-refractivity contribution >= 4 is 11.6 Å². The second kappa shape index (κ2) is 4.62. The predicted molar refractivity (Wildman–Crippen MR) is 65.6 cm³/mol. The second-order valence-electron chi connectivity index (χ2n) is 4.50. The van der Waals surface area contributed by atoms with E-state index in [9.17, 15) is 5.11 Å². The molecule has 0 spiro atoms. The van der Waals surface area contributed by atoms with Crippen LogP contribution in [-0.2, 0) is 0 Å². The van der Waals surface area contributed by atoms with E-state index in [-0.39, 0.29) is 5.75 Å². The molecule has 3 N–H and O–H groups in total. The summed E-state index contributed by atoms with van der Waals surface area (Å²) in [7, 11) is 2.10. The van der Waals surface area contributed by atoms with E-state index in [4.69, 9.17) is 17.3 Å². The van der Waals surface area contributed by atoms with E-state index < -0.39 is 0 Å². The van der Waals surface area contributed by atoms with Crippen LogP contribution in [-0.4, -0.2) is 30.1 Å². The Morgan fingerprint density at radius 3 is 2.88 bits per heavy atom. The summed E-state index contributed by atoms with van der Waals surface area (Å²) in [5.74, 6) is 0.698. The average Bonchev–Trinajstić information content (AvgIpc) is 2.64. The molecule has 0 bridgehead atoms. The topological polar surface area (TPSA) is 49.5 Å². The normalized spacial score (nSPS) is 26.2. The van der Waals surface area contributed by atoms with Gasteiger partial charge in [0.05, 0.1) is 5.02 Å². The molecule has 1 fully saturated rings. The summed E-state index contributed by atoms with van der Waals surface area (Å²) in [5, 5.41) is 9.80. The Bertz CT molecular complexity index is 383. The van der Waals surface area contributed by atoms with Gasteiger partial charge in [0.15, 0.2) is 0 Å². The number of hydrogen-bond acceptors (Lipinski definition) is 3. The predicted octanol–water partition coefficient (Wildman–Crippen LogP) is 2.00. The van der Waals surface area contributed by atoms with Gasteiger partial charge in [0.2, 0.25) is 0 Å². The molecular weight excluding hydrogens is 224 g/mol. The van der Waals surface area contributed by atoms with Gasteiger partial charge in [-0.2, -0.15) is 0 Å². The summed E-state index contributed by atoms with van der Waals surface area (Å²) in [4.78, 5) is 2.29. The van der Waals surface area contributed by atoms with Crippen LogP contribution in [0.3, 0.4) is 0 Å². The van der Waals surface area contributed by atoms with E-state index in [1.807, 2.05) is 12.1 Å². The molecule has 88 valence electrons. The standard InChI is InChI=1S/C12H17ClN2O/c1-15-7-8(6-14)4-11(15)9-2-3-12(16)10(13)5-9/h2-3,5,8,11,16H,4,6-7,14H2,1H3. The number of hydrogen-bond donors (Lipinski definition) is 2. The van der Waals surface area contributed by atoms with Crippen LogP contribution in [0.4, 0.5) is 0 Å². The third-order valence-corrected chi connectivity index (χ3v) is 3.63. The number of nitrogens with two attached hydrogens (primary N) is 1. The quantitative estimate of drug-likeness (QED) is 0.831. The summed E-state index contributed by atoms with van der Waals surface area (Å²) in [6.45, 7) is 1.76. The first-order valence-corrected chi connectivity index (χ1v) is 5.88. The Labute approximate surface area is 101 Å². The molecule has 1 aromatic rings. The van der Waals surface area contributed by atoms with Crippen molar-refractivity contribution in [2.24, 2.45) is 11.7 Å². The zero-order chi connectivity index (χ0) is 11.7. The lowest BCUT2D eigenvalue weighted by molar-refractivity contribution is 0.313. The van der Waals surface area contributed by atoms with Gasteiger partial charge in [-0.1, -0.05) is 17.7 Å². The van der Waals surface area contributed by atoms with Crippen molar-refractivity contribution in [2.75, 3.05) is 20.1 Å². The van der Waals surface area contributed by atoms with Crippen molar-refractivity contribution < 1.29 is 5.11 Å². The number of rotatable bonds is 2. The van der Waals surface area contributed by atoms with Crippen LogP contribution in [0.1, 0.15) is 18.0 Å². The molecule has 1 aromatic carbocycles. The number of phenolic OH excluding ortho intramolecular Hbond substituents is 1. The van der Waals surface area contributed by atoms with Crippen molar-refractivity contribution in [3.8, 4) is 5.75 Å². The lowest BCUT2D eigenvalue weighted by atomic mass is 10.00. The molecule has 2 unspecified atom stereocenters. The molecule has 4 heteroatoms. The SMILES string of the molecule is CN1CC(CN)CC1c1ccc(O)c(Cl)c1. The first-order chi connectivity index (χ1) is 7.61. The van der Waals surface area contributed by atoms with Gasteiger partial charge in [0, 0.05) is 12.6 Å². The molecule has 0 saturated carbocycles. The minimum Gasteiger partial charge on any atom is -0.506 e. The fraction of sp³-hybridized carbons (Fsp3) is 0.500. The molecule has 1 saturated heterocycles. The van der Waals surface area contributed by atoms with Crippen LogP contribution in [0.15, 0.2) is 18.2 Å². The molecule has 0 radical (unpaired) electrons. The maximum atomic E-state index is 9.39. The summed E-state index contributed by atoms with van der Waals surface area (Å²) in [5.41, 5.74) is 6.85. The second-order valence-corrected chi connectivity index (χ2v) is 4.91. The summed E-state index contributed by atoms with van der Waals surface area (Å²) >= 11 is 5.92. The fourth-order valence-corrected chi connectivity index (χ4v) is 2.59. The molecule has 2 rings (SSSR count). The van der Waals surface area contributed by atoms with Gasteiger partial charge < -0.3 is 10.8 Å². The Kier molecular flexibility index (Phi) is 3.38. The largest absolute Gasteiger partial charge is 0.506 e. The van der Waals surface area contributed by atoms with Crippen molar-refractivity contribution in [3.63, 3.8) is 0 Å². The highest BCUT2D eigenvalue weighted by molar-refractivity contribution is 6.32. The van der Waals surface area contributed by atoms with Crippen LogP contribution < -0.4 is 5.73 Å². The van der Waals surface area contributed by atoms with Crippen molar-refractivity contribution in [1.29, 1.82) is 0 Å². The van der Waals surface area contributed by atoms with Gasteiger partial charge in [-0.15, -0.1) is 0 Å². The molecule has 1 aliphatic rings. The molecule has 0 amide bonds. The first-order valence-electron chi connectivity index (χ1n) is 5.50. The van der Waals surface area contributed by atoms with Crippen LogP contribution in [0, 0.1) is 5.92 Å². The van der Waals surface area contributed by atoms with Gasteiger partial charge in [-0.05, 0) is 43.6 Å². The molecular formula is C12H17ClN2O. The first kappa shape index (κ1) is 11.7. The summed E-state index contributed by atoms with van der Waals surface area (Å²) in [6.07, 6.45) is 1.06. The van der Waals surface area contributed by atoms with Crippen LogP contribution in [0.2, 0.25) is 5.02 Å². The Morgan fingerprint density at radius 2 is 2.31 bits per heavy atom. The maximum Gasteiger partial charge on any atom is 0.134 e. The number of phenols is 1. The number of halogens is 1. The Hall–Kier alpha value is -0.770. The number of nitrogens with zero attached hydrogens (tertiary/aromatic N) is 1. The van der Waals surface area contributed by atoms with Crippen molar-refractivity contribution in [1.82, 2.24) is 4.90 Å². The minimum atomic E-state index is 0.140. The Balaban J connectivity index is 2.21. The van der Waals surface area contributed by atoms with Crippen LogP contribution in [0.5, 0.6) is 5.75 Å². The van der Waals surface area contributed by atoms with E-state index in [0.29, 0.717) is 17.0 Å². The van der Waals surface area contributed by atoms with Gasteiger partial charge in [0.25, 0.3) is 0 Å². The lowest BCUT2D eigenvalue weighted by Crippen LogP contribution is -2.20. The highest BCUT2D eigenvalue weighted by atomic mass is 35.5. The third kappa shape index (κ3) is 2.17. The molecule has 1 aliphatic heterocycles. The van der Waals surface area contributed by atoms with Crippen molar-refractivity contribution in [3.05, 3.63) is 28.8 Å². The van der Waals surface area contributed by atoms with Crippen molar-refractivity contribution in [2.45, 2.75) is 12.5 Å². The molecule has 0 aliphatic carbocycles. The van der Waals surface area contributed by atoms with E-state index >= 15 is 0 Å². The number of aromatic hydroxyl groups is 1. The highest BCUT2D eigenvalue weighted by Crippen LogP contribution is 2.36. The average molecular weight is 241 g/mol. The molecule has 2 atom stereocenters. The summed E-state index contributed by atoms with van der Waals surface area (Å²) in [6, 6.07) is 5.80. The maximum absolute atomic E-state index is 9.39. The fourth-order valence-electron chi connectivity index (χ4n) is 2.40. The van der Waals surface area contributed by atoms with E-state index in [1.165, 1.54) is 0 Å². The molecule has 1 heterocycles. The number of benzene rings is 1. The number of likely N-dealkylation sites (tertiary alicyclic amines) is 1. The monoisotopic (exact) mass is 240 g/mol. The molecule has 3 nitrogen and oxygen atoms in total.